The van der Waals surface area contributed by atoms with Crippen LogP contribution in [0.5, 0.6) is 5.88 Å². The molecule has 1 saturated carbocycles. The van der Waals surface area contributed by atoms with E-state index in [-0.39, 0.29) is 29.5 Å². The highest BCUT2D eigenvalue weighted by Gasteiger charge is 2.51. The van der Waals surface area contributed by atoms with Crippen LogP contribution in [0.3, 0.4) is 0 Å². The number of primary amides is 1. The summed E-state index contributed by atoms with van der Waals surface area (Å²) in [7, 11) is -3.35. The zero-order valence-corrected chi connectivity index (χ0v) is 16.9. The van der Waals surface area contributed by atoms with Crippen molar-refractivity contribution in [3.05, 3.63) is 17.8 Å². The van der Waals surface area contributed by atoms with E-state index < -0.39 is 46.2 Å². The van der Waals surface area contributed by atoms with Crippen LogP contribution in [-0.2, 0) is 14.6 Å². The number of halogens is 2. The highest BCUT2D eigenvalue weighted by atomic mass is 32.2. The third-order valence-electron chi connectivity index (χ3n) is 5.29. The molecule has 164 valence electrons. The summed E-state index contributed by atoms with van der Waals surface area (Å²) in [5.41, 5.74) is 4.24. The van der Waals surface area contributed by atoms with E-state index in [1.165, 1.54) is 17.0 Å². The Kier molecular flexibility index (Phi) is 4.87. The minimum absolute atomic E-state index is 0.0648. The van der Waals surface area contributed by atoms with E-state index in [9.17, 15) is 26.8 Å². The van der Waals surface area contributed by atoms with Gasteiger partial charge in [-0.05, 0) is 30.9 Å². The van der Waals surface area contributed by atoms with E-state index in [1.807, 2.05) is 0 Å². The third-order valence-corrected chi connectivity index (χ3v) is 7.28. The van der Waals surface area contributed by atoms with E-state index in [2.05, 4.69) is 10.3 Å². The molecule has 1 aromatic rings. The van der Waals surface area contributed by atoms with Gasteiger partial charge in [-0.1, -0.05) is 0 Å². The summed E-state index contributed by atoms with van der Waals surface area (Å²) in [6.07, 6.45) is 1.72. The molecule has 0 aromatic carbocycles. The first kappa shape index (κ1) is 20.8. The molecule has 0 bridgehead atoms. The van der Waals surface area contributed by atoms with Crippen LogP contribution in [0.15, 0.2) is 12.1 Å². The van der Waals surface area contributed by atoms with Crippen LogP contribution in [0.4, 0.5) is 14.5 Å². The zero-order chi connectivity index (χ0) is 21.7. The van der Waals surface area contributed by atoms with Gasteiger partial charge in [0.1, 0.15) is 11.4 Å². The molecule has 1 aromatic heterocycles. The lowest BCUT2D eigenvalue weighted by atomic mass is 9.98. The van der Waals surface area contributed by atoms with E-state index >= 15 is 0 Å². The molecule has 3 aliphatic rings. The van der Waals surface area contributed by atoms with Crippen molar-refractivity contribution in [1.29, 1.82) is 0 Å². The molecule has 1 aliphatic carbocycles. The number of hydrogen-bond donors (Lipinski definition) is 2. The largest absolute Gasteiger partial charge is 0.476 e. The number of rotatable bonds is 8. The molecule has 9 nitrogen and oxygen atoms in total. The number of amides is 2. The van der Waals surface area contributed by atoms with Crippen LogP contribution in [-0.4, -0.2) is 67.9 Å². The number of nitrogens with one attached hydrogen (secondary N) is 1. The fraction of sp³-hybridized carbons (Fsp3) is 0.611. The highest BCUT2D eigenvalue weighted by Crippen LogP contribution is 2.38. The monoisotopic (exact) mass is 444 g/mol. The lowest BCUT2D eigenvalue weighted by Crippen LogP contribution is -2.66. The van der Waals surface area contributed by atoms with Crippen molar-refractivity contribution >= 4 is 27.3 Å². The van der Waals surface area contributed by atoms with Crippen LogP contribution in [0, 0.1) is 5.92 Å². The Hall–Kier alpha value is -2.50. The highest BCUT2D eigenvalue weighted by molar-refractivity contribution is 7.93. The number of anilines is 1. The second kappa shape index (κ2) is 7.03. The fourth-order valence-electron chi connectivity index (χ4n) is 3.73. The van der Waals surface area contributed by atoms with E-state index in [0.29, 0.717) is 18.2 Å². The molecule has 4 rings (SSSR count). The molecule has 2 amide bonds. The van der Waals surface area contributed by atoms with E-state index in [0.717, 1.165) is 12.8 Å². The summed E-state index contributed by atoms with van der Waals surface area (Å²) in [6.45, 7) is -0.543. The Morgan fingerprint density at radius 2 is 1.93 bits per heavy atom. The summed E-state index contributed by atoms with van der Waals surface area (Å²) in [5, 5.41) is 2.56. The van der Waals surface area contributed by atoms with Gasteiger partial charge in [-0.25, -0.2) is 22.2 Å². The molecule has 0 unspecified atom stereocenters. The molecule has 0 atom stereocenters. The Morgan fingerprint density at radius 1 is 1.27 bits per heavy atom. The molecular weight excluding hydrogens is 422 g/mol. The topological polar surface area (TPSA) is 132 Å². The van der Waals surface area contributed by atoms with Crippen LogP contribution >= 0.6 is 0 Å². The summed E-state index contributed by atoms with van der Waals surface area (Å²) in [4.78, 5) is 29.7. The fourth-order valence-corrected chi connectivity index (χ4v) is 5.67. The minimum atomic E-state index is -3.35. The predicted molar refractivity (Wildman–Crippen MR) is 102 cm³/mol. The number of alkyl halides is 2. The van der Waals surface area contributed by atoms with Crippen LogP contribution in [0.25, 0.3) is 0 Å². The van der Waals surface area contributed by atoms with Gasteiger partial charge >= 0.3 is 0 Å². The number of nitrogens with zero attached hydrogens (tertiary/aromatic N) is 2. The summed E-state index contributed by atoms with van der Waals surface area (Å²) in [5.74, 6) is -4.52. The number of ether oxygens (including phenoxy) is 1. The molecule has 0 spiro atoms. The van der Waals surface area contributed by atoms with E-state index in [1.54, 1.807) is 0 Å². The van der Waals surface area contributed by atoms with Crippen molar-refractivity contribution in [3.8, 4) is 5.88 Å². The quantitative estimate of drug-likeness (QED) is 0.581. The number of pyridine rings is 1. The second-order valence-corrected chi connectivity index (χ2v) is 10.5. The maximum Gasteiger partial charge on any atom is 0.282 e. The predicted octanol–water partition coefficient (Wildman–Crippen LogP) is 0.0981. The normalized spacial score (nSPS) is 23.1. The third kappa shape index (κ3) is 4.47. The van der Waals surface area contributed by atoms with Crippen molar-refractivity contribution in [3.63, 3.8) is 0 Å². The van der Waals surface area contributed by atoms with Gasteiger partial charge in [0.2, 0.25) is 11.8 Å². The van der Waals surface area contributed by atoms with Crippen LogP contribution in [0.1, 0.15) is 29.8 Å². The molecule has 12 heteroatoms. The number of carbonyl (C=O) groups excluding carboxylic acids is 2. The number of carbonyl (C=O) groups is 2. The lowest BCUT2D eigenvalue weighted by Gasteiger charge is -2.41. The SMILES string of the molecule is NC(=O)CC1(NC(=O)c2ccc(N3CC(F)(F)C3)c(OCC3CC3)n2)CS(=O)(=O)C1. The van der Waals surface area contributed by atoms with Crippen molar-refractivity contribution in [2.75, 3.05) is 36.1 Å². The Balaban J connectivity index is 1.53. The van der Waals surface area contributed by atoms with Gasteiger partial charge in [-0.2, -0.15) is 0 Å². The molecule has 30 heavy (non-hydrogen) atoms. The van der Waals surface area contributed by atoms with Gasteiger partial charge < -0.3 is 20.7 Å². The van der Waals surface area contributed by atoms with Crippen LogP contribution < -0.4 is 20.7 Å². The van der Waals surface area contributed by atoms with Gasteiger partial charge in [0.15, 0.2) is 9.84 Å². The first-order chi connectivity index (χ1) is 14.0. The van der Waals surface area contributed by atoms with Gasteiger partial charge in [-0.3, -0.25) is 9.59 Å². The average Bonchev–Trinajstić information content (AvgIpc) is 3.39. The van der Waals surface area contributed by atoms with Crippen molar-refractivity contribution < 1.29 is 31.5 Å². The molecule has 3 N–H and O–H groups in total. The van der Waals surface area contributed by atoms with Crippen molar-refractivity contribution in [1.82, 2.24) is 10.3 Å². The first-order valence-corrected chi connectivity index (χ1v) is 11.4. The number of hydrogen-bond acceptors (Lipinski definition) is 7. The van der Waals surface area contributed by atoms with Gasteiger partial charge in [0.25, 0.3) is 11.8 Å². The van der Waals surface area contributed by atoms with Crippen LogP contribution in [0.2, 0.25) is 0 Å². The maximum absolute atomic E-state index is 13.3. The standard InChI is InChI=1S/C18H22F2N4O5S/c19-18(20)7-24(8-18)13-4-3-12(22-16(13)29-6-11-1-2-11)15(26)23-17(5-14(21)25)9-30(27,28)10-17/h3-4,11H,1-2,5-10H2,(H2,21,25)(H,23,26). The van der Waals surface area contributed by atoms with E-state index in [4.69, 9.17) is 10.5 Å². The molecular formula is C18H22F2N4O5S. The lowest BCUT2D eigenvalue weighted by molar-refractivity contribution is -0.119. The summed E-state index contributed by atoms with van der Waals surface area (Å²) < 4.78 is 55.5. The number of sulfone groups is 1. The average molecular weight is 444 g/mol. The Bertz CT molecular complexity index is 976. The van der Waals surface area contributed by atoms with Gasteiger partial charge in [0.05, 0.1) is 43.2 Å². The van der Waals surface area contributed by atoms with Crippen molar-refractivity contribution in [2.45, 2.75) is 30.7 Å². The maximum atomic E-state index is 13.3. The molecule has 2 saturated heterocycles. The summed E-state index contributed by atoms with van der Waals surface area (Å²) >= 11 is 0. The molecule has 3 heterocycles. The van der Waals surface area contributed by atoms with Crippen molar-refractivity contribution in [2.24, 2.45) is 11.7 Å². The second-order valence-electron chi connectivity index (χ2n) is 8.40. The molecule has 0 radical (unpaired) electrons. The Labute approximate surface area is 171 Å². The smallest absolute Gasteiger partial charge is 0.282 e. The molecule has 2 aliphatic heterocycles. The van der Waals surface area contributed by atoms with Gasteiger partial charge in [0, 0.05) is 0 Å². The number of nitrogens with two attached hydrogens (primary N) is 1. The minimum Gasteiger partial charge on any atom is -0.476 e. The summed E-state index contributed by atoms with van der Waals surface area (Å²) in [6, 6.07) is 2.84. The molecule has 3 fully saturated rings. The van der Waals surface area contributed by atoms with Gasteiger partial charge in [-0.15, -0.1) is 0 Å². The first-order valence-electron chi connectivity index (χ1n) is 9.54. The number of aromatic nitrogens is 1. The Morgan fingerprint density at radius 3 is 2.47 bits per heavy atom. The zero-order valence-electron chi connectivity index (χ0n) is 16.1.